The quantitative estimate of drug-likeness (QED) is 0.349. The first kappa shape index (κ1) is 17.6. The third kappa shape index (κ3) is 3.41. The van der Waals surface area contributed by atoms with E-state index in [1.807, 2.05) is 6.07 Å². The fourth-order valence-electron chi connectivity index (χ4n) is 2.77. The van der Waals surface area contributed by atoms with Crippen LogP contribution >= 0.6 is 22.7 Å². The van der Waals surface area contributed by atoms with Crippen molar-refractivity contribution in [3.05, 3.63) is 63.0 Å². The first-order valence-corrected chi connectivity index (χ1v) is 9.94. The van der Waals surface area contributed by atoms with E-state index in [9.17, 15) is 14.9 Å². The second kappa shape index (κ2) is 6.71. The third-order valence-electron chi connectivity index (χ3n) is 4.23. The fraction of sp³-hybridized carbons (Fsp3) is 0.158. The summed E-state index contributed by atoms with van der Waals surface area (Å²) in [6, 6.07) is 12.4. The number of carbonyl (C=O) groups is 1. The number of aromatic nitrogens is 1. The van der Waals surface area contributed by atoms with Crippen LogP contribution in [0.5, 0.6) is 0 Å². The van der Waals surface area contributed by atoms with Crippen molar-refractivity contribution in [3.8, 4) is 0 Å². The Bertz CT molecular complexity index is 1190. The molecule has 0 spiro atoms. The molecule has 27 heavy (non-hydrogen) atoms. The van der Waals surface area contributed by atoms with Gasteiger partial charge in [0.2, 0.25) is 0 Å². The number of thiophene rings is 1. The summed E-state index contributed by atoms with van der Waals surface area (Å²) in [5.74, 6) is 0.166. The van der Waals surface area contributed by atoms with Gasteiger partial charge in [-0.1, -0.05) is 31.3 Å². The number of amides is 1. The molecular formula is C19H15N3O3S2. The normalized spacial score (nSPS) is 11.4. The molecule has 4 aromatic rings. The number of nitro groups is 1. The van der Waals surface area contributed by atoms with Gasteiger partial charge >= 0.3 is 0 Å². The van der Waals surface area contributed by atoms with Crippen molar-refractivity contribution in [1.29, 1.82) is 0 Å². The molecule has 0 fully saturated rings. The molecule has 2 aromatic heterocycles. The Morgan fingerprint density at radius 3 is 2.67 bits per heavy atom. The molecule has 1 N–H and O–H groups in total. The van der Waals surface area contributed by atoms with E-state index in [1.54, 1.807) is 12.1 Å². The van der Waals surface area contributed by atoms with Gasteiger partial charge in [0.05, 0.1) is 20.0 Å². The number of nitrogens with zero attached hydrogens (tertiary/aromatic N) is 2. The van der Waals surface area contributed by atoms with Gasteiger partial charge < -0.3 is 0 Å². The first-order chi connectivity index (χ1) is 12.9. The summed E-state index contributed by atoms with van der Waals surface area (Å²) in [4.78, 5) is 28.0. The van der Waals surface area contributed by atoms with Crippen LogP contribution in [0.4, 0.5) is 10.8 Å². The molecule has 0 bridgehead atoms. The highest BCUT2D eigenvalue weighted by atomic mass is 32.1. The Morgan fingerprint density at radius 1 is 1.11 bits per heavy atom. The number of benzene rings is 2. The van der Waals surface area contributed by atoms with Crippen molar-refractivity contribution in [1.82, 2.24) is 4.98 Å². The van der Waals surface area contributed by atoms with Gasteiger partial charge in [-0.3, -0.25) is 20.2 Å². The largest absolute Gasteiger partial charge is 0.297 e. The smallest absolute Gasteiger partial charge is 0.270 e. The molecule has 4 rings (SSSR count). The van der Waals surface area contributed by atoms with E-state index >= 15 is 0 Å². The minimum Gasteiger partial charge on any atom is -0.297 e. The average Bonchev–Trinajstić information content (AvgIpc) is 3.23. The van der Waals surface area contributed by atoms with Gasteiger partial charge in [0.25, 0.3) is 11.6 Å². The SMILES string of the molecule is CC(C)c1ccc2nc(NC(=O)c3cc4cc([N+](=O)[O-])ccc4s3)sc2c1. The van der Waals surface area contributed by atoms with Gasteiger partial charge in [0.1, 0.15) is 0 Å². The predicted octanol–water partition coefficient (Wildman–Crippen LogP) is 5.79. The van der Waals surface area contributed by atoms with Crippen LogP contribution in [0, 0.1) is 10.1 Å². The minimum absolute atomic E-state index is 0.0133. The lowest BCUT2D eigenvalue weighted by atomic mass is 10.0. The number of fused-ring (bicyclic) bond motifs is 2. The molecule has 136 valence electrons. The molecule has 1 amide bonds. The van der Waals surface area contributed by atoms with E-state index in [-0.39, 0.29) is 11.6 Å². The Labute approximate surface area is 162 Å². The molecule has 0 aliphatic rings. The highest BCUT2D eigenvalue weighted by molar-refractivity contribution is 7.23. The molecule has 0 unspecified atom stereocenters. The highest BCUT2D eigenvalue weighted by Crippen LogP contribution is 2.32. The van der Waals surface area contributed by atoms with Crippen LogP contribution in [0.15, 0.2) is 42.5 Å². The molecule has 0 atom stereocenters. The van der Waals surface area contributed by atoms with Crippen LogP contribution in [-0.4, -0.2) is 15.8 Å². The number of thiazole rings is 1. The topological polar surface area (TPSA) is 85.1 Å². The van der Waals surface area contributed by atoms with Gasteiger partial charge in [0.15, 0.2) is 5.13 Å². The molecule has 2 aromatic carbocycles. The van der Waals surface area contributed by atoms with Crippen LogP contribution in [0.25, 0.3) is 20.3 Å². The van der Waals surface area contributed by atoms with Crippen molar-refractivity contribution in [3.63, 3.8) is 0 Å². The second-order valence-electron chi connectivity index (χ2n) is 6.44. The number of rotatable bonds is 4. The third-order valence-corrected chi connectivity index (χ3v) is 6.28. The summed E-state index contributed by atoms with van der Waals surface area (Å²) >= 11 is 2.74. The van der Waals surface area contributed by atoms with Gasteiger partial charge in [-0.05, 0) is 35.7 Å². The minimum atomic E-state index is -0.441. The molecule has 0 saturated carbocycles. The Balaban J connectivity index is 1.60. The van der Waals surface area contributed by atoms with Crippen molar-refractivity contribution < 1.29 is 9.72 Å². The number of nitrogens with one attached hydrogen (secondary N) is 1. The number of anilines is 1. The maximum atomic E-state index is 12.6. The number of hydrogen-bond donors (Lipinski definition) is 1. The summed E-state index contributed by atoms with van der Waals surface area (Å²) in [6.07, 6.45) is 0. The van der Waals surface area contributed by atoms with Gasteiger partial charge in [-0.2, -0.15) is 0 Å². The second-order valence-corrected chi connectivity index (χ2v) is 8.56. The van der Waals surface area contributed by atoms with E-state index in [0.717, 1.165) is 14.9 Å². The lowest BCUT2D eigenvalue weighted by Crippen LogP contribution is -2.09. The lowest BCUT2D eigenvalue weighted by Gasteiger charge is -2.03. The summed E-state index contributed by atoms with van der Waals surface area (Å²) in [6.45, 7) is 4.27. The van der Waals surface area contributed by atoms with Crippen LogP contribution in [0.3, 0.4) is 0 Å². The zero-order chi connectivity index (χ0) is 19.1. The number of nitro benzene ring substituents is 1. The van der Waals surface area contributed by atoms with E-state index in [4.69, 9.17) is 0 Å². The number of carbonyl (C=O) groups excluding carboxylic acids is 1. The van der Waals surface area contributed by atoms with E-state index in [1.165, 1.54) is 40.4 Å². The van der Waals surface area contributed by atoms with Crippen LogP contribution in [0.2, 0.25) is 0 Å². The van der Waals surface area contributed by atoms with Crippen molar-refractivity contribution >= 4 is 59.7 Å². The van der Waals surface area contributed by atoms with E-state index in [0.29, 0.717) is 21.3 Å². The van der Waals surface area contributed by atoms with Crippen molar-refractivity contribution in [2.75, 3.05) is 5.32 Å². The molecule has 8 heteroatoms. The van der Waals surface area contributed by atoms with Gasteiger partial charge in [-0.15, -0.1) is 11.3 Å². The van der Waals surface area contributed by atoms with Gasteiger partial charge in [-0.25, -0.2) is 4.98 Å². The molecule has 6 nitrogen and oxygen atoms in total. The van der Waals surface area contributed by atoms with Crippen LogP contribution in [0.1, 0.15) is 35.0 Å². The predicted molar refractivity (Wildman–Crippen MR) is 110 cm³/mol. The summed E-state index contributed by atoms with van der Waals surface area (Å²) in [7, 11) is 0. The van der Waals surface area contributed by atoms with E-state index < -0.39 is 4.92 Å². The highest BCUT2D eigenvalue weighted by Gasteiger charge is 2.15. The Morgan fingerprint density at radius 2 is 1.93 bits per heavy atom. The van der Waals surface area contributed by atoms with Crippen molar-refractivity contribution in [2.45, 2.75) is 19.8 Å². The van der Waals surface area contributed by atoms with Crippen LogP contribution in [-0.2, 0) is 0 Å². The maximum Gasteiger partial charge on any atom is 0.270 e. The average molecular weight is 397 g/mol. The zero-order valence-corrected chi connectivity index (χ0v) is 16.2. The molecule has 2 heterocycles. The number of non-ortho nitro benzene ring substituents is 1. The summed E-state index contributed by atoms with van der Waals surface area (Å²) < 4.78 is 1.86. The monoisotopic (exact) mass is 397 g/mol. The lowest BCUT2D eigenvalue weighted by molar-refractivity contribution is -0.384. The molecular weight excluding hydrogens is 382 g/mol. The molecule has 0 aliphatic carbocycles. The van der Waals surface area contributed by atoms with E-state index in [2.05, 4.69) is 36.3 Å². The standard InChI is InChI=1S/C19H15N3O3S2/c1-10(2)11-3-5-14-16(8-11)27-19(20-14)21-18(23)17-9-12-7-13(22(24)25)4-6-15(12)26-17/h3-10H,1-2H3,(H,20,21,23). The number of hydrogen-bond acceptors (Lipinski definition) is 6. The molecule has 0 saturated heterocycles. The fourth-order valence-corrected chi connectivity index (χ4v) is 4.62. The first-order valence-electron chi connectivity index (χ1n) is 8.30. The summed E-state index contributed by atoms with van der Waals surface area (Å²) in [5.41, 5.74) is 2.10. The van der Waals surface area contributed by atoms with Crippen molar-refractivity contribution in [2.24, 2.45) is 0 Å². The Hall–Kier alpha value is -2.84. The van der Waals surface area contributed by atoms with Crippen LogP contribution < -0.4 is 5.32 Å². The maximum absolute atomic E-state index is 12.6. The molecule has 0 radical (unpaired) electrons. The van der Waals surface area contributed by atoms with Gasteiger partial charge in [0, 0.05) is 22.2 Å². The zero-order valence-electron chi connectivity index (χ0n) is 14.6. The summed E-state index contributed by atoms with van der Waals surface area (Å²) in [5, 5.41) is 15.0. The molecule has 0 aliphatic heterocycles. The Kier molecular flexibility index (Phi) is 4.37.